The van der Waals surface area contributed by atoms with E-state index in [0.717, 1.165) is 0 Å². The lowest BCUT2D eigenvalue weighted by molar-refractivity contribution is -0.152. The molecule has 25 heavy (non-hydrogen) atoms. The van der Waals surface area contributed by atoms with Gasteiger partial charge >= 0.3 is 0 Å². The monoisotopic (exact) mass is 366 g/mol. The number of sulfone groups is 1. The van der Waals surface area contributed by atoms with Gasteiger partial charge in [-0.3, -0.25) is 4.79 Å². The van der Waals surface area contributed by atoms with Gasteiger partial charge in [0.1, 0.15) is 5.25 Å². The molecule has 1 aromatic rings. The van der Waals surface area contributed by atoms with Crippen molar-refractivity contribution in [2.75, 3.05) is 13.2 Å². The number of hydrogen-bond acceptors (Lipinski definition) is 5. The minimum Gasteiger partial charge on any atom is -0.348 e. The normalized spacial score (nSPS) is 18.7. The van der Waals surface area contributed by atoms with Gasteiger partial charge in [0, 0.05) is 11.8 Å². The average molecular weight is 366 g/mol. The first kappa shape index (κ1) is 19.8. The lowest BCUT2D eigenvalue weighted by Gasteiger charge is -2.31. The van der Waals surface area contributed by atoms with E-state index in [9.17, 15) is 13.2 Å². The van der Waals surface area contributed by atoms with Crippen LogP contribution in [0.4, 0.5) is 0 Å². The van der Waals surface area contributed by atoms with E-state index in [1.165, 1.54) is 12.1 Å². The summed E-state index contributed by atoms with van der Waals surface area (Å²) in [5.41, 5.74) is -0.844. The Balaban J connectivity index is 2.45. The quantitative estimate of drug-likeness (QED) is 0.661. The van der Waals surface area contributed by atoms with Crippen molar-refractivity contribution in [2.24, 2.45) is 5.41 Å². The van der Waals surface area contributed by atoms with Gasteiger partial charge in [0.25, 0.3) is 0 Å². The molecule has 1 saturated heterocycles. The molecular weight excluding hydrogens is 340 g/mol. The number of Topliss-reactive ketones (excluding diaryl/α,β-unsaturated/α-hetero) is 1. The van der Waals surface area contributed by atoms with Gasteiger partial charge in [-0.2, -0.15) is 0 Å². The van der Waals surface area contributed by atoms with Crippen molar-refractivity contribution >= 4 is 15.6 Å². The lowest BCUT2D eigenvalue weighted by atomic mass is 9.82. The summed E-state index contributed by atoms with van der Waals surface area (Å²) in [6.45, 7) is 9.61. The molecule has 2 rings (SSSR count). The summed E-state index contributed by atoms with van der Waals surface area (Å²) in [7, 11) is -3.87. The third-order valence-corrected chi connectivity index (χ3v) is 6.57. The van der Waals surface area contributed by atoms with Crippen LogP contribution in [0.5, 0.6) is 0 Å². The zero-order valence-electron chi connectivity index (χ0n) is 15.0. The molecule has 1 heterocycles. The maximum Gasteiger partial charge on any atom is 0.188 e. The fourth-order valence-electron chi connectivity index (χ4n) is 3.03. The van der Waals surface area contributed by atoms with E-state index in [2.05, 4.69) is 6.58 Å². The van der Waals surface area contributed by atoms with E-state index in [1.807, 2.05) is 0 Å². The maximum atomic E-state index is 13.2. The Kier molecular flexibility index (Phi) is 5.86. The van der Waals surface area contributed by atoms with E-state index in [0.29, 0.717) is 19.6 Å². The van der Waals surface area contributed by atoms with Crippen molar-refractivity contribution in [1.82, 2.24) is 0 Å². The summed E-state index contributed by atoms with van der Waals surface area (Å²) >= 11 is 0. The van der Waals surface area contributed by atoms with Crippen LogP contribution in [0.1, 0.15) is 33.6 Å². The molecule has 1 aliphatic heterocycles. The van der Waals surface area contributed by atoms with Gasteiger partial charge in [0.15, 0.2) is 21.4 Å². The smallest absolute Gasteiger partial charge is 0.188 e. The van der Waals surface area contributed by atoms with Gasteiger partial charge in [-0.05, 0) is 25.5 Å². The first-order valence-corrected chi connectivity index (χ1v) is 9.89. The van der Waals surface area contributed by atoms with Crippen LogP contribution in [0.15, 0.2) is 47.9 Å². The van der Waals surface area contributed by atoms with Crippen LogP contribution in [0, 0.1) is 5.41 Å². The Morgan fingerprint density at radius 3 is 2.36 bits per heavy atom. The number of allylic oxidation sites excluding steroid dienone is 1. The molecule has 138 valence electrons. The van der Waals surface area contributed by atoms with Gasteiger partial charge in [0.05, 0.1) is 18.1 Å². The summed E-state index contributed by atoms with van der Waals surface area (Å²) < 4.78 is 37.5. The summed E-state index contributed by atoms with van der Waals surface area (Å²) in [5.74, 6) is -1.43. The van der Waals surface area contributed by atoms with Gasteiger partial charge < -0.3 is 9.47 Å². The minimum absolute atomic E-state index is 0.0381. The fourth-order valence-corrected chi connectivity index (χ4v) is 5.01. The SMILES string of the molecule is C=CCC(C)(C)C(=O)[C@H](CC1(C)OCCO1)S(=O)(=O)c1ccccc1. The molecule has 6 heteroatoms. The van der Waals surface area contributed by atoms with Crippen LogP contribution in [0.2, 0.25) is 0 Å². The van der Waals surface area contributed by atoms with Gasteiger partial charge in [-0.1, -0.05) is 38.1 Å². The van der Waals surface area contributed by atoms with Crippen LogP contribution in [-0.4, -0.2) is 38.5 Å². The van der Waals surface area contributed by atoms with Gasteiger partial charge in [-0.25, -0.2) is 8.42 Å². The number of benzene rings is 1. The summed E-state index contributed by atoms with van der Waals surface area (Å²) in [5, 5.41) is -1.24. The third-order valence-electron chi connectivity index (χ3n) is 4.51. The average Bonchev–Trinajstić information content (AvgIpc) is 2.99. The van der Waals surface area contributed by atoms with Crippen LogP contribution in [0.3, 0.4) is 0 Å². The lowest BCUT2D eigenvalue weighted by Crippen LogP contribution is -2.45. The van der Waals surface area contributed by atoms with Crippen molar-refractivity contribution in [1.29, 1.82) is 0 Å². The van der Waals surface area contributed by atoms with Crippen LogP contribution in [0.25, 0.3) is 0 Å². The summed E-state index contributed by atoms with van der Waals surface area (Å²) in [4.78, 5) is 13.3. The van der Waals surface area contributed by atoms with Crippen molar-refractivity contribution in [3.05, 3.63) is 43.0 Å². The van der Waals surface area contributed by atoms with Crippen molar-refractivity contribution < 1.29 is 22.7 Å². The Morgan fingerprint density at radius 2 is 1.84 bits per heavy atom. The van der Waals surface area contributed by atoms with Gasteiger partial charge in [-0.15, -0.1) is 6.58 Å². The first-order valence-electron chi connectivity index (χ1n) is 8.34. The molecule has 0 saturated carbocycles. The van der Waals surface area contributed by atoms with Crippen molar-refractivity contribution in [3.63, 3.8) is 0 Å². The Labute approximate surface area is 149 Å². The highest BCUT2D eigenvalue weighted by molar-refractivity contribution is 7.92. The number of ketones is 1. The predicted molar refractivity (Wildman–Crippen MR) is 95.9 cm³/mol. The van der Waals surface area contributed by atoms with E-state index in [1.54, 1.807) is 45.0 Å². The minimum atomic E-state index is -3.87. The second-order valence-electron chi connectivity index (χ2n) is 7.12. The molecule has 0 N–H and O–H groups in total. The molecule has 0 unspecified atom stereocenters. The Hall–Kier alpha value is -1.50. The molecule has 0 bridgehead atoms. The first-order chi connectivity index (χ1) is 11.6. The molecule has 0 radical (unpaired) electrons. The number of rotatable bonds is 8. The summed E-state index contributed by atoms with van der Waals surface area (Å²) in [6, 6.07) is 8.05. The molecule has 0 aliphatic carbocycles. The molecule has 0 spiro atoms. The topological polar surface area (TPSA) is 69.7 Å². The molecule has 5 nitrogen and oxygen atoms in total. The van der Waals surface area contributed by atoms with Gasteiger partial charge in [0.2, 0.25) is 0 Å². The number of carbonyl (C=O) groups excluding carboxylic acids is 1. The molecule has 1 fully saturated rings. The maximum absolute atomic E-state index is 13.2. The molecular formula is C19H26O5S. The molecule has 1 atom stereocenters. The van der Waals surface area contributed by atoms with Crippen molar-refractivity contribution in [2.45, 2.75) is 49.5 Å². The second-order valence-corrected chi connectivity index (χ2v) is 9.25. The zero-order valence-corrected chi connectivity index (χ0v) is 15.8. The van der Waals surface area contributed by atoms with E-state index in [4.69, 9.17) is 9.47 Å². The van der Waals surface area contributed by atoms with Crippen molar-refractivity contribution in [3.8, 4) is 0 Å². The highest BCUT2D eigenvalue weighted by atomic mass is 32.2. The zero-order chi connectivity index (χ0) is 18.7. The van der Waals surface area contributed by atoms with Crippen LogP contribution >= 0.6 is 0 Å². The highest BCUT2D eigenvalue weighted by Gasteiger charge is 2.46. The molecule has 0 amide bonds. The third kappa shape index (κ3) is 4.37. The highest BCUT2D eigenvalue weighted by Crippen LogP contribution is 2.35. The van der Waals surface area contributed by atoms with Crippen LogP contribution < -0.4 is 0 Å². The fraction of sp³-hybridized carbons (Fsp3) is 0.526. The van der Waals surface area contributed by atoms with E-state index < -0.39 is 26.3 Å². The number of ether oxygens (including phenoxy) is 2. The molecule has 0 aromatic heterocycles. The number of hydrogen-bond donors (Lipinski definition) is 0. The van der Waals surface area contributed by atoms with Crippen LogP contribution in [-0.2, 0) is 24.1 Å². The molecule has 1 aromatic carbocycles. The van der Waals surface area contributed by atoms with E-state index in [-0.39, 0.29) is 17.1 Å². The second kappa shape index (κ2) is 7.40. The molecule has 1 aliphatic rings. The Morgan fingerprint density at radius 1 is 1.28 bits per heavy atom. The standard InChI is InChI=1S/C19H26O5S/c1-5-11-18(2,3)17(20)16(14-19(4)23-12-13-24-19)25(21,22)15-9-7-6-8-10-15/h5-10,16H,1,11-14H2,2-4H3/t16-/m0/s1. The largest absolute Gasteiger partial charge is 0.348 e. The predicted octanol–water partition coefficient (Wildman–Crippen LogP) is 3.15. The Bertz CT molecular complexity index is 715. The summed E-state index contributed by atoms with van der Waals surface area (Å²) in [6.07, 6.45) is 1.99. The van der Waals surface area contributed by atoms with E-state index >= 15 is 0 Å². The number of carbonyl (C=O) groups is 1.